The molecule has 0 aliphatic carbocycles. The highest BCUT2D eigenvalue weighted by molar-refractivity contribution is 5.94. The molecule has 180 valence electrons. The topological polar surface area (TPSA) is 110 Å². The number of hydrazine groups is 1. The molecule has 0 aliphatic rings. The van der Waals surface area contributed by atoms with E-state index >= 15 is 0 Å². The van der Waals surface area contributed by atoms with Crippen molar-refractivity contribution in [2.24, 2.45) is 7.05 Å². The summed E-state index contributed by atoms with van der Waals surface area (Å²) in [6.45, 7) is 2.40. The van der Waals surface area contributed by atoms with Gasteiger partial charge in [-0.15, -0.1) is 0 Å². The molecule has 0 saturated carbocycles. The minimum absolute atomic E-state index is 0.0891. The number of aryl methyl sites for hydroxylation is 1. The summed E-state index contributed by atoms with van der Waals surface area (Å²) in [5.74, 6) is -2.28. The van der Waals surface area contributed by atoms with E-state index in [1.807, 2.05) is 0 Å². The van der Waals surface area contributed by atoms with Gasteiger partial charge in [-0.1, -0.05) is 12.1 Å². The third-order valence-corrected chi connectivity index (χ3v) is 4.62. The Morgan fingerprint density at radius 2 is 1.91 bits per heavy atom. The molecule has 0 radical (unpaired) electrons. The van der Waals surface area contributed by atoms with Crippen LogP contribution in [0.5, 0.6) is 5.75 Å². The van der Waals surface area contributed by atoms with Crippen LogP contribution in [0.25, 0.3) is 11.1 Å². The van der Waals surface area contributed by atoms with Crippen molar-refractivity contribution in [1.82, 2.24) is 30.9 Å². The molecule has 2 atom stereocenters. The molecule has 0 spiro atoms. The Balaban J connectivity index is 1.67. The van der Waals surface area contributed by atoms with E-state index in [0.29, 0.717) is 0 Å². The van der Waals surface area contributed by atoms with Gasteiger partial charge >= 0.3 is 6.03 Å². The fourth-order valence-corrected chi connectivity index (χ4v) is 3.02. The molecule has 3 amide bonds. The molecule has 0 fully saturated rings. The van der Waals surface area contributed by atoms with Gasteiger partial charge in [0, 0.05) is 30.6 Å². The van der Waals surface area contributed by atoms with E-state index in [2.05, 4.69) is 26.3 Å². The quantitative estimate of drug-likeness (QED) is 0.454. The maximum atomic E-state index is 14.8. The molecule has 0 aliphatic heterocycles. The Morgan fingerprint density at radius 3 is 2.56 bits per heavy atom. The van der Waals surface area contributed by atoms with Crippen LogP contribution in [0.4, 0.5) is 18.0 Å². The fourth-order valence-electron chi connectivity index (χ4n) is 3.02. The van der Waals surface area contributed by atoms with E-state index < -0.39 is 35.8 Å². The number of halogens is 3. The van der Waals surface area contributed by atoms with Gasteiger partial charge in [-0.2, -0.15) is 5.10 Å². The highest BCUT2D eigenvalue weighted by atomic mass is 19.1. The molecule has 3 N–H and O–H groups in total. The van der Waals surface area contributed by atoms with E-state index in [-0.39, 0.29) is 34.7 Å². The van der Waals surface area contributed by atoms with Crippen molar-refractivity contribution in [3.05, 3.63) is 65.7 Å². The number of amides is 3. The number of aromatic nitrogens is 3. The molecule has 3 aromatic rings. The lowest BCUT2D eigenvalue weighted by Gasteiger charge is -2.17. The highest BCUT2D eigenvalue weighted by Gasteiger charge is 2.19. The van der Waals surface area contributed by atoms with Crippen molar-refractivity contribution in [3.8, 4) is 16.9 Å². The number of hydrogen-bond donors (Lipinski definition) is 3. The SMILES string of the molecule is CC(F)COc1c(F)cccc1-c1cnc(C(C)NC(=O)NNC(=O)c2cnn(C)c2)c(F)c1. The Labute approximate surface area is 193 Å². The standard InChI is InChI=1S/C22H23F3N6O3/c1-12(23)11-34-20-16(5-4-6-17(20)24)14-7-18(25)19(26-8-14)13(2)28-22(33)30-29-21(32)15-9-27-31(3)10-15/h4-10,12-13H,11H2,1-3H3,(H,29,32)(H2,28,30,33). The molecule has 2 unspecified atom stereocenters. The second-order valence-corrected chi connectivity index (χ2v) is 7.48. The van der Waals surface area contributed by atoms with Gasteiger partial charge in [-0.05, 0) is 26.0 Å². The van der Waals surface area contributed by atoms with Crippen LogP contribution in [-0.2, 0) is 7.05 Å². The minimum Gasteiger partial charge on any atom is -0.487 e. The first-order valence-electron chi connectivity index (χ1n) is 10.2. The summed E-state index contributed by atoms with van der Waals surface area (Å²) in [7, 11) is 1.64. The zero-order valence-electron chi connectivity index (χ0n) is 18.6. The molecule has 12 heteroatoms. The lowest BCUT2D eigenvalue weighted by Crippen LogP contribution is -2.47. The summed E-state index contributed by atoms with van der Waals surface area (Å²) >= 11 is 0. The normalized spacial score (nSPS) is 12.5. The van der Waals surface area contributed by atoms with Gasteiger partial charge < -0.3 is 10.1 Å². The number of nitrogens with one attached hydrogen (secondary N) is 3. The first-order valence-corrected chi connectivity index (χ1v) is 10.2. The number of benzene rings is 1. The van der Waals surface area contributed by atoms with Gasteiger partial charge in [0.05, 0.1) is 23.5 Å². The summed E-state index contributed by atoms with van der Waals surface area (Å²) in [5.41, 5.74) is 4.92. The number of carbonyl (C=O) groups is 2. The number of nitrogens with zero attached hydrogens (tertiary/aromatic N) is 3. The third-order valence-electron chi connectivity index (χ3n) is 4.62. The van der Waals surface area contributed by atoms with E-state index in [9.17, 15) is 22.8 Å². The van der Waals surface area contributed by atoms with Crippen LogP contribution in [0.3, 0.4) is 0 Å². The summed E-state index contributed by atoms with van der Waals surface area (Å²) in [5, 5.41) is 6.30. The van der Waals surface area contributed by atoms with E-state index in [4.69, 9.17) is 4.74 Å². The molecule has 2 heterocycles. The predicted octanol–water partition coefficient (Wildman–Crippen LogP) is 3.20. The third kappa shape index (κ3) is 6.03. The largest absolute Gasteiger partial charge is 0.487 e. The molecule has 2 aromatic heterocycles. The number of rotatable bonds is 7. The zero-order chi connectivity index (χ0) is 24.8. The van der Waals surface area contributed by atoms with Crippen molar-refractivity contribution in [2.75, 3.05) is 6.61 Å². The Bertz CT molecular complexity index is 1180. The van der Waals surface area contributed by atoms with Gasteiger partial charge in [0.25, 0.3) is 5.91 Å². The van der Waals surface area contributed by atoms with Crippen LogP contribution in [0.2, 0.25) is 0 Å². The summed E-state index contributed by atoms with van der Waals surface area (Å²) in [6, 6.07) is 3.51. The van der Waals surface area contributed by atoms with Crippen LogP contribution >= 0.6 is 0 Å². The Kier molecular flexibility index (Phi) is 7.71. The predicted molar refractivity (Wildman–Crippen MR) is 116 cm³/mol. The van der Waals surface area contributed by atoms with E-state index in [1.54, 1.807) is 7.05 Å². The molecule has 1 aromatic carbocycles. The first-order chi connectivity index (χ1) is 16.2. The molecule has 34 heavy (non-hydrogen) atoms. The van der Waals surface area contributed by atoms with Crippen LogP contribution in [-0.4, -0.2) is 39.5 Å². The molecule has 9 nitrogen and oxygen atoms in total. The number of pyridine rings is 1. The average Bonchev–Trinajstić information content (AvgIpc) is 3.22. The maximum Gasteiger partial charge on any atom is 0.334 e. The van der Waals surface area contributed by atoms with Crippen molar-refractivity contribution in [3.63, 3.8) is 0 Å². The number of ether oxygens (including phenoxy) is 1. The minimum atomic E-state index is -1.32. The van der Waals surface area contributed by atoms with Crippen LogP contribution in [0, 0.1) is 11.6 Å². The van der Waals surface area contributed by atoms with E-state index in [1.165, 1.54) is 49.3 Å². The van der Waals surface area contributed by atoms with Gasteiger partial charge in [0.2, 0.25) is 0 Å². The first kappa shape index (κ1) is 24.6. The Hall–Kier alpha value is -4.09. The molecule has 3 rings (SSSR count). The van der Waals surface area contributed by atoms with Crippen LogP contribution in [0.1, 0.15) is 35.9 Å². The lowest BCUT2D eigenvalue weighted by molar-refractivity contribution is 0.0935. The van der Waals surface area contributed by atoms with Gasteiger partial charge in [0.15, 0.2) is 11.6 Å². The number of alkyl halides is 1. The highest BCUT2D eigenvalue weighted by Crippen LogP contribution is 2.33. The average molecular weight is 476 g/mol. The molecule has 0 saturated heterocycles. The van der Waals surface area contributed by atoms with Crippen molar-refractivity contribution >= 4 is 11.9 Å². The zero-order valence-corrected chi connectivity index (χ0v) is 18.6. The number of hydrogen-bond acceptors (Lipinski definition) is 5. The smallest absolute Gasteiger partial charge is 0.334 e. The number of carbonyl (C=O) groups excluding carboxylic acids is 2. The van der Waals surface area contributed by atoms with E-state index in [0.717, 1.165) is 12.1 Å². The van der Waals surface area contributed by atoms with Crippen molar-refractivity contribution in [2.45, 2.75) is 26.1 Å². The molecular formula is C22H23F3N6O3. The van der Waals surface area contributed by atoms with Crippen molar-refractivity contribution in [1.29, 1.82) is 0 Å². The molecular weight excluding hydrogens is 453 g/mol. The fraction of sp³-hybridized carbons (Fsp3) is 0.273. The lowest BCUT2D eigenvalue weighted by atomic mass is 10.0. The summed E-state index contributed by atoms with van der Waals surface area (Å²) in [6.07, 6.45) is 2.76. The number of para-hydroxylation sites is 1. The van der Waals surface area contributed by atoms with Gasteiger partial charge in [-0.3, -0.25) is 19.9 Å². The second kappa shape index (κ2) is 10.7. The summed E-state index contributed by atoms with van der Waals surface area (Å²) < 4.78 is 48.9. The maximum absolute atomic E-state index is 14.8. The number of urea groups is 1. The molecule has 0 bridgehead atoms. The van der Waals surface area contributed by atoms with Crippen molar-refractivity contribution < 1.29 is 27.5 Å². The second-order valence-electron chi connectivity index (χ2n) is 7.48. The Morgan fingerprint density at radius 1 is 1.15 bits per heavy atom. The van der Waals surface area contributed by atoms with Gasteiger partial charge in [0.1, 0.15) is 18.6 Å². The monoisotopic (exact) mass is 476 g/mol. The van der Waals surface area contributed by atoms with Crippen LogP contribution in [0.15, 0.2) is 42.9 Å². The van der Waals surface area contributed by atoms with Gasteiger partial charge in [-0.25, -0.2) is 23.4 Å². The van der Waals surface area contributed by atoms with Crippen LogP contribution < -0.4 is 20.9 Å². The summed E-state index contributed by atoms with van der Waals surface area (Å²) in [4.78, 5) is 28.1.